The van der Waals surface area contributed by atoms with Crippen LogP contribution in [0.1, 0.15) is 28.3 Å². The molecule has 1 aliphatic heterocycles. The zero-order valence-corrected chi connectivity index (χ0v) is 15.3. The van der Waals surface area contributed by atoms with Crippen molar-refractivity contribution < 1.29 is 14.0 Å². The molecule has 1 N–H and O–H groups in total. The van der Waals surface area contributed by atoms with Gasteiger partial charge in [0.1, 0.15) is 11.5 Å². The van der Waals surface area contributed by atoms with Crippen LogP contribution < -0.4 is 10.2 Å². The minimum atomic E-state index is -0.193. The van der Waals surface area contributed by atoms with Gasteiger partial charge in [0, 0.05) is 44.8 Å². The largest absolute Gasteiger partial charge is 0.466 e. The highest BCUT2D eigenvalue weighted by molar-refractivity contribution is 5.95. The molecular weight excluding hydrogens is 330 g/mol. The fourth-order valence-electron chi connectivity index (χ4n) is 3.25. The molecule has 0 aliphatic carbocycles. The highest BCUT2D eigenvalue weighted by Gasteiger charge is 2.21. The number of para-hydroxylation sites is 1. The van der Waals surface area contributed by atoms with Crippen molar-refractivity contribution in [2.75, 3.05) is 37.6 Å². The molecule has 2 heterocycles. The Morgan fingerprint density at radius 1 is 1.08 bits per heavy atom. The monoisotopic (exact) mass is 355 g/mol. The average molecular weight is 355 g/mol. The van der Waals surface area contributed by atoms with Crippen molar-refractivity contribution in [3.63, 3.8) is 0 Å². The second kappa shape index (κ2) is 8.08. The molecule has 138 valence electrons. The minimum absolute atomic E-state index is 0.0816. The molecule has 2 amide bonds. The Bertz CT molecular complexity index is 762. The van der Waals surface area contributed by atoms with Gasteiger partial charge in [0.05, 0.1) is 5.56 Å². The summed E-state index contributed by atoms with van der Waals surface area (Å²) in [6.45, 7) is 6.98. The van der Waals surface area contributed by atoms with Crippen molar-refractivity contribution in [3.8, 4) is 0 Å². The van der Waals surface area contributed by atoms with Gasteiger partial charge in [-0.1, -0.05) is 18.2 Å². The number of piperazine rings is 1. The summed E-state index contributed by atoms with van der Waals surface area (Å²) < 4.78 is 5.36. The fraction of sp³-hybridized carbons (Fsp3) is 0.400. The molecule has 1 fully saturated rings. The van der Waals surface area contributed by atoms with E-state index >= 15 is 0 Å². The summed E-state index contributed by atoms with van der Waals surface area (Å²) in [6, 6.07) is 12.0. The van der Waals surface area contributed by atoms with E-state index in [2.05, 4.69) is 22.3 Å². The van der Waals surface area contributed by atoms with Gasteiger partial charge < -0.3 is 19.5 Å². The quantitative estimate of drug-likeness (QED) is 0.894. The van der Waals surface area contributed by atoms with Gasteiger partial charge >= 0.3 is 0 Å². The van der Waals surface area contributed by atoms with Crippen LogP contribution in [0.25, 0.3) is 0 Å². The summed E-state index contributed by atoms with van der Waals surface area (Å²) in [4.78, 5) is 28.7. The predicted molar refractivity (Wildman–Crippen MR) is 100 cm³/mol. The number of benzene rings is 1. The van der Waals surface area contributed by atoms with Crippen molar-refractivity contribution in [2.45, 2.75) is 20.3 Å². The number of carbonyl (C=O) groups is 2. The maximum absolute atomic E-state index is 12.4. The predicted octanol–water partition coefficient (Wildman–Crippen LogP) is 2.37. The molecule has 1 aromatic heterocycles. The standard InChI is InChI=1S/C20H25N3O3/c1-15-14-18(16(2)26-15)20(25)21-9-8-19(24)23-12-10-22(11-13-23)17-6-4-3-5-7-17/h3-7,14H,8-13H2,1-2H3,(H,21,25). The first kappa shape index (κ1) is 18.0. The molecule has 26 heavy (non-hydrogen) atoms. The zero-order chi connectivity index (χ0) is 18.5. The molecule has 0 bridgehead atoms. The topological polar surface area (TPSA) is 65.8 Å². The number of hydrogen-bond donors (Lipinski definition) is 1. The summed E-state index contributed by atoms with van der Waals surface area (Å²) in [5.41, 5.74) is 1.73. The van der Waals surface area contributed by atoms with Crippen LogP contribution in [-0.4, -0.2) is 49.4 Å². The van der Waals surface area contributed by atoms with E-state index in [1.165, 1.54) is 5.69 Å². The first-order valence-electron chi connectivity index (χ1n) is 8.97. The molecule has 0 atom stereocenters. The Hall–Kier alpha value is -2.76. The number of carbonyl (C=O) groups excluding carboxylic acids is 2. The molecule has 0 unspecified atom stereocenters. The first-order valence-corrected chi connectivity index (χ1v) is 8.97. The van der Waals surface area contributed by atoms with E-state index in [0.717, 1.165) is 13.1 Å². The number of nitrogens with zero attached hydrogens (tertiary/aromatic N) is 2. The van der Waals surface area contributed by atoms with E-state index in [4.69, 9.17) is 4.42 Å². The zero-order valence-electron chi connectivity index (χ0n) is 15.3. The van der Waals surface area contributed by atoms with Gasteiger partial charge in [0.15, 0.2) is 0 Å². The van der Waals surface area contributed by atoms with Gasteiger partial charge in [-0.15, -0.1) is 0 Å². The van der Waals surface area contributed by atoms with E-state index in [9.17, 15) is 9.59 Å². The van der Waals surface area contributed by atoms with Crippen LogP contribution in [0.15, 0.2) is 40.8 Å². The Labute approximate surface area is 153 Å². The number of hydrogen-bond acceptors (Lipinski definition) is 4. The first-order chi connectivity index (χ1) is 12.5. The third-order valence-electron chi connectivity index (χ3n) is 4.66. The Balaban J connectivity index is 1.42. The number of aryl methyl sites for hydroxylation is 2. The number of rotatable bonds is 5. The second-order valence-corrected chi connectivity index (χ2v) is 6.54. The van der Waals surface area contributed by atoms with E-state index in [-0.39, 0.29) is 11.8 Å². The molecule has 1 saturated heterocycles. The van der Waals surface area contributed by atoms with Crippen LogP contribution in [0, 0.1) is 13.8 Å². The third kappa shape index (κ3) is 4.25. The number of furan rings is 1. The van der Waals surface area contributed by atoms with Crippen LogP contribution in [0.5, 0.6) is 0 Å². The number of anilines is 1. The molecule has 1 aliphatic rings. The maximum Gasteiger partial charge on any atom is 0.254 e. The lowest BCUT2D eigenvalue weighted by Crippen LogP contribution is -2.49. The lowest BCUT2D eigenvalue weighted by Gasteiger charge is -2.36. The summed E-state index contributed by atoms with van der Waals surface area (Å²) in [5, 5.41) is 2.80. The summed E-state index contributed by atoms with van der Waals surface area (Å²) in [6.07, 6.45) is 0.312. The molecule has 0 saturated carbocycles. The van der Waals surface area contributed by atoms with Crippen molar-refractivity contribution in [1.82, 2.24) is 10.2 Å². The SMILES string of the molecule is Cc1cc(C(=O)NCCC(=O)N2CCN(c3ccccc3)CC2)c(C)o1. The number of amides is 2. The van der Waals surface area contributed by atoms with Crippen LogP contribution in [0.4, 0.5) is 5.69 Å². The van der Waals surface area contributed by atoms with E-state index < -0.39 is 0 Å². The van der Waals surface area contributed by atoms with Gasteiger partial charge in [-0.25, -0.2) is 0 Å². The van der Waals surface area contributed by atoms with Crippen molar-refractivity contribution >= 4 is 17.5 Å². The van der Waals surface area contributed by atoms with Crippen molar-refractivity contribution in [3.05, 3.63) is 53.5 Å². The van der Waals surface area contributed by atoms with Gasteiger partial charge in [0.2, 0.25) is 5.91 Å². The van der Waals surface area contributed by atoms with E-state index in [0.29, 0.717) is 43.1 Å². The smallest absolute Gasteiger partial charge is 0.254 e. The van der Waals surface area contributed by atoms with Gasteiger partial charge in [-0.2, -0.15) is 0 Å². The van der Waals surface area contributed by atoms with Crippen LogP contribution in [0.2, 0.25) is 0 Å². The lowest BCUT2D eigenvalue weighted by molar-refractivity contribution is -0.131. The maximum atomic E-state index is 12.4. The molecule has 0 spiro atoms. The Morgan fingerprint density at radius 3 is 2.38 bits per heavy atom. The van der Waals surface area contributed by atoms with Crippen molar-refractivity contribution in [1.29, 1.82) is 0 Å². The highest BCUT2D eigenvalue weighted by atomic mass is 16.3. The van der Waals surface area contributed by atoms with E-state index in [1.54, 1.807) is 13.0 Å². The van der Waals surface area contributed by atoms with Crippen LogP contribution in [-0.2, 0) is 4.79 Å². The third-order valence-corrected chi connectivity index (χ3v) is 4.66. The van der Waals surface area contributed by atoms with Crippen molar-refractivity contribution in [2.24, 2.45) is 0 Å². The van der Waals surface area contributed by atoms with Crippen LogP contribution >= 0.6 is 0 Å². The Morgan fingerprint density at radius 2 is 1.77 bits per heavy atom. The average Bonchev–Trinajstić information content (AvgIpc) is 3.00. The normalized spacial score (nSPS) is 14.4. The molecule has 2 aromatic rings. The minimum Gasteiger partial charge on any atom is -0.466 e. The summed E-state index contributed by atoms with van der Waals surface area (Å²) >= 11 is 0. The van der Waals surface area contributed by atoms with E-state index in [1.807, 2.05) is 30.0 Å². The van der Waals surface area contributed by atoms with Gasteiger partial charge in [-0.05, 0) is 32.0 Å². The highest BCUT2D eigenvalue weighted by Crippen LogP contribution is 2.16. The molecule has 1 aromatic carbocycles. The molecular formula is C20H25N3O3. The molecule has 0 radical (unpaired) electrons. The second-order valence-electron chi connectivity index (χ2n) is 6.54. The number of nitrogens with one attached hydrogen (secondary N) is 1. The molecule has 6 nitrogen and oxygen atoms in total. The van der Waals surface area contributed by atoms with Gasteiger partial charge in [-0.3, -0.25) is 9.59 Å². The fourth-order valence-corrected chi connectivity index (χ4v) is 3.25. The Kier molecular flexibility index (Phi) is 5.61. The summed E-state index contributed by atoms with van der Waals surface area (Å²) in [5.74, 6) is 1.20. The van der Waals surface area contributed by atoms with Gasteiger partial charge in [0.25, 0.3) is 5.91 Å². The lowest BCUT2D eigenvalue weighted by atomic mass is 10.2. The summed E-state index contributed by atoms with van der Waals surface area (Å²) in [7, 11) is 0. The molecule has 3 rings (SSSR count). The van der Waals surface area contributed by atoms with Crippen LogP contribution in [0.3, 0.4) is 0 Å². The molecule has 6 heteroatoms.